The highest BCUT2D eigenvalue weighted by Gasteiger charge is 2.47. The van der Waals surface area contributed by atoms with Crippen molar-refractivity contribution in [1.29, 1.82) is 0 Å². The van der Waals surface area contributed by atoms with Gasteiger partial charge in [-0.2, -0.15) is 0 Å². The molecule has 2 fully saturated rings. The van der Waals surface area contributed by atoms with Gasteiger partial charge >= 0.3 is 0 Å². The Hall–Kier alpha value is -1.24. The van der Waals surface area contributed by atoms with Crippen LogP contribution in [0, 0.1) is 5.41 Å². The molecule has 6 heteroatoms. The molecule has 1 N–H and O–H groups in total. The molecule has 5 nitrogen and oxygen atoms in total. The summed E-state index contributed by atoms with van der Waals surface area (Å²) in [5.41, 5.74) is -0.0241. The number of ether oxygens (including phenoxy) is 1. The van der Waals surface area contributed by atoms with Gasteiger partial charge < -0.3 is 19.6 Å². The molecule has 0 radical (unpaired) electrons. The summed E-state index contributed by atoms with van der Waals surface area (Å²) in [6.45, 7) is 2.76. The number of aliphatic hydroxyl groups excluding tert-OH is 1. The van der Waals surface area contributed by atoms with E-state index < -0.39 is 0 Å². The molecule has 0 aliphatic carbocycles. The van der Waals surface area contributed by atoms with Crippen molar-refractivity contribution in [3.63, 3.8) is 0 Å². The number of hydrogen-bond acceptors (Lipinski definition) is 5. The van der Waals surface area contributed by atoms with Crippen LogP contribution >= 0.6 is 11.8 Å². The summed E-state index contributed by atoms with van der Waals surface area (Å²) in [4.78, 5) is 18.0. The molecule has 2 heterocycles. The number of piperidine rings is 2. The highest BCUT2D eigenvalue weighted by Crippen LogP contribution is 2.41. The van der Waals surface area contributed by atoms with Crippen LogP contribution < -0.4 is 4.74 Å². The highest BCUT2D eigenvalue weighted by atomic mass is 32.2. The molecular weight excluding hydrogens is 336 g/mol. The Morgan fingerprint density at radius 3 is 3.00 bits per heavy atom. The first-order valence-electron chi connectivity index (χ1n) is 8.94. The summed E-state index contributed by atoms with van der Waals surface area (Å²) in [5, 5.41) is 9.97. The fourth-order valence-electron chi connectivity index (χ4n) is 4.17. The second kappa shape index (κ2) is 7.98. The Balaban J connectivity index is 1.59. The van der Waals surface area contributed by atoms with E-state index in [1.54, 1.807) is 18.9 Å². The van der Waals surface area contributed by atoms with E-state index in [-0.39, 0.29) is 24.0 Å². The van der Waals surface area contributed by atoms with E-state index in [1.165, 1.54) is 0 Å². The van der Waals surface area contributed by atoms with Crippen LogP contribution in [0.25, 0.3) is 0 Å². The van der Waals surface area contributed by atoms with Crippen LogP contribution in [0.1, 0.15) is 19.3 Å². The van der Waals surface area contributed by atoms with E-state index in [9.17, 15) is 9.90 Å². The van der Waals surface area contributed by atoms with Gasteiger partial charge in [-0.15, -0.1) is 11.8 Å². The summed E-state index contributed by atoms with van der Waals surface area (Å²) >= 11 is 1.55. The van der Waals surface area contributed by atoms with Crippen LogP contribution in [-0.4, -0.2) is 73.0 Å². The molecule has 1 aromatic carbocycles. The third kappa shape index (κ3) is 3.96. The number of aliphatic hydroxyl groups is 1. The van der Waals surface area contributed by atoms with Gasteiger partial charge in [0.1, 0.15) is 5.75 Å². The lowest BCUT2D eigenvalue weighted by molar-refractivity contribution is -0.137. The second-order valence-corrected chi connectivity index (χ2v) is 8.23. The monoisotopic (exact) mass is 364 g/mol. The predicted molar refractivity (Wildman–Crippen MR) is 100 cm³/mol. The number of nitrogens with zero attached hydrogens (tertiary/aromatic N) is 2. The molecule has 0 saturated carbocycles. The van der Waals surface area contributed by atoms with E-state index in [1.807, 2.05) is 29.2 Å². The molecular formula is C19H28N2O3S. The van der Waals surface area contributed by atoms with Crippen molar-refractivity contribution in [3.8, 4) is 5.75 Å². The van der Waals surface area contributed by atoms with Crippen molar-refractivity contribution >= 4 is 17.7 Å². The fourth-order valence-corrected chi connectivity index (χ4v) is 5.02. The Labute approximate surface area is 154 Å². The first-order valence-corrected chi connectivity index (χ1v) is 9.92. The number of amides is 1. The minimum atomic E-state index is -0.0241. The maximum absolute atomic E-state index is 12.7. The molecule has 1 aromatic rings. The molecule has 138 valence electrons. The quantitative estimate of drug-likeness (QED) is 0.811. The number of fused-ring (bicyclic) bond motifs is 1. The first kappa shape index (κ1) is 18.5. The van der Waals surface area contributed by atoms with Crippen molar-refractivity contribution in [1.82, 2.24) is 9.80 Å². The van der Waals surface area contributed by atoms with Crippen molar-refractivity contribution in [2.45, 2.75) is 30.2 Å². The number of rotatable bonds is 5. The summed E-state index contributed by atoms with van der Waals surface area (Å²) < 4.78 is 5.23. The average molecular weight is 365 g/mol. The van der Waals surface area contributed by atoms with Gasteiger partial charge in [-0.3, -0.25) is 4.79 Å². The minimum Gasteiger partial charge on any atom is -0.497 e. The Bertz CT molecular complexity index is 612. The van der Waals surface area contributed by atoms with Crippen LogP contribution in [0.4, 0.5) is 0 Å². The van der Waals surface area contributed by atoms with Crippen LogP contribution in [0.3, 0.4) is 0 Å². The molecule has 3 rings (SSSR count). The molecule has 0 unspecified atom stereocenters. The standard InChI is InChI=1S/C19H28N2O3S/c1-20-9-4-7-19(14-22)8-10-21(12-17(19)20)18(23)13-25-16-6-3-5-15(11-16)24-2/h3,5-6,11,17,22H,4,7-10,12-14H2,1-2H3/t17-,19-/m1/s1. The average Bonchev–Trinajstić information content (AvgIpc) is 2.66. The molecule has 0 aromatic heterocycles. The zero-order valence-electron chi connectivity index (χ0n) is 15.1. The molecule has 0 spiro atoms. The predicted octanol–water partition coefficient (Wildman–Crippen LogP) is 2.09. The van der Waals surface area contributed by atoms with Crippen molar-refractivity contribution in [3.05, 3.63) is 24.3 Å². The van der Waals surface area contributed by atoms with Crippen LogP contribution in [0.2, 0.25) is 0 Å². The van der Waals surface area contributed by atoms with Gasteiger partial charge in [-0.25, -0.2) is 0 Å². The Morgan fingerprint density at radius 1 is 1.40 bits per heavy atom. The largest absolute Gasteiger partial charge is 0.497 e. The van der Waals surface area contributed by atoms with Crippen LogP contribution in [0.5, 0.6) is 5.75 Å². The van der Waals surface area contributed by atoms with Gasteiger partial charge in [0, 0.05) is 29.4 Å². The zero-order valence-corrected chi connectivity index (χ0v) is 15.9. The second-order valence-electron chi connectivity index (χ2n) is 7.18. The Morgan fingerprint density at radius 2 is 2.24 bits per heavy atom. The Kier molecular flexibility index (Phi) is 5.92. The molecule has 0 bridgehead atoms. The third-order valence-corrected chi connectivity index (χ3v) is 6.75. The number of hydrogen-bond donors (Lipinski definition) is 1. The summed E-state index contributed by atoms with van der Waals surface area (Å²) in [7, 11) is 3.77. The van der Waals surface area contributed by atoms with Gasteiger partial charge in [-0.05, 0) is 51.1 Å². The van der Waals surface area contributed by atoms with Gasteiger partial charge in [-0.1, -0.05) is 6.07 Å². The summed E-state index contributed by atoms with van der Waals surface area (Å²) in [5.74, 6) is 1.43. The van der Waals surface area contributed by atoms with Gasteiger partial charge in [0.15, 0.2) is 0 Å². The van der Waals surface area contributed by atoms with Crippen LogP contribution in [0.15, 0.2) is 29.2 Å². The molecule has 1 amide bonds. The third-order valence-electron chi connectivity index (χ3n) is 5.77. The number of carbonyl (C=O) groups excluding carboxylic acids is 1. The number of methoxy groups -OCH3 is 1. The lowest BCUT2D eigenvalue weighted by Crippen LogP contribution is -2.62. The molecule has 2 aliphatic rings. The fraction of sp³-hybridized carbons (Fsp3) is 0.632. The van der Waals surface area contributed by atoms with E-state index in [0.717, 1.165) is 49.5 Å². The maximum atomic E-state index is 12.7. The maximum Gasteiger partial charge on any atom is 0.232 e. The van der Waals surface area contributed by atoms with Crippen molar-refractivity contribution in [2.24, 2.45) is 5.41 Å². The number of benzene rings is 1. The van der Waals surface area contributed by atoms with E-state index in [4.69, 9.17) is 4.74 Å². The number of likely N-dealkylation sites (N-methyl/N-ethyl adjacent to an activating group) is 1. The minimum absolute atomic E-state index is 0.0241. The van der Waals surface area contributed by atoms with Gasteiger partial charge in [0.2, 0.25) is 5.91 Å². The molecule has 25 heavy (non-hydrogen) atoms. The number of carbonyl (C=O) groups is 1. The lowest BCUT2D eigenvalue weighted by Gasteiger charge is -2.53. The zero-order chi connectivity index (χ0) is 17.9. The van der Waals surface area contributed by atoms with E-state index >= 15 is 0 Å². The first-order chi connectivity index (χ1) is 12.1. The van der Waals surface area contributed by atoms with E-state index in [2.05, 4.69) is 11.9 Å². The lowest BCUT2D eigenvalue weighted by atomic mass is 9.69. The van der Waals surface area contributed by atoms with Gasteiger partial charge in [0.05, 0.1) is 19.5 Å². The topological polar surface area (TPSA) is 53.0 Å². The number of thioether (sulfide) groups is 1. The van der Waals surface area contributed by atoms with E-state index in [0.29, 0.717) is 5.75 Å². The van der Waals surface area contributed by atoms with Crippen molar-refractivity contribution < 1.29 is 14.6 Å². The highest BCUT2D eigenvalue weighted by molar-refractivity contribution is 8.00. The van der Waals surface area contributed by atoms with Crippen molar-refractivity contribution in [2.75, 3.05) is 46.2 Å². The SMILES string of the molecule is COc1cccc(SCC(=O)N2CC[C@@]3(CO)CCCN(C)[C@@H]3C2)c1. The smallest absolute Gasteiger partial charge is 0.232 e. The molecule has 2 atom stereocenters. The normalized spacial score (nSPS) is 27.0. The van der Waals surface area contributed by atoms with Gasteiger partial charge in [0.25, 0.3) is 0 Å². The summed E-state index contributed by atoms with van der Waals surface area (Å²) in [6, 6.07) is 8.08. The summed E-state index contributed by atoms with van der Waals surface area (Å²) in [6.07, 6.45) is 3.10. The number of likely N-dealkylation sites (tertiary alicyclic amines) is 2. The molecule has 2 saturated heterocycles. The molecule has 2 aliphatic heterocycles. The van der Waals surface area contributed by atoms with Crippen LogP contribution in [-0.2, 0) is 4.79 Å².